The summed E-state index contributed by atoms with van der Waals surface area (Å²) >= 11 is 0. The van der Waals surface area contributed by atoms with Gasteiger partial charge in [0.05, 0.1) is 13.2 Å². The zero-order chi connectivity index (χ0) is 12.8. The van der Waals surface area contributed by atoms with Crippen molar-refractivity contribution in [2.75, 3.05) is 20.7 Å². The van der Waals surface area contributed by atoms with Crippen LogP contribution in [-0.2, 0) is 0 Å². The van der Waals surface area contributed by atoms with Crippen LogP contribution in [0.15, 0.2) is 24.3 Å². The van der Waals surface area contributed by atoms with Gasteiger partial charge in [-0.05, 0) is 38.1 Å². The number of aliphatic hydroxyl groups excluding tert-OH is 1. The lowest BCUT2D eigenvalue weighted by Crippen LogP contribution is -2.32. The number of likely N-dealkylation sites (N-methyl/N-ethyl adjacent to an activating group) is 1. The summed E-state index contributed by atoms with van der Waals surface area (Å²) in [6, 6.07) is 8.08. The van der Waals surface area contributed by atoms with Gasteiger partial charge in [0.25, 0.3) is 0 Å². The van der Waals surface area contributed by atoms with Crippen molar-refractivity contribution in [2.45, 2.75) is 32.4 Å². The molecule has 2 atom stereocenters. The summed E-state index contributed by atoms with van der Waals surface area (Å²) < 4.78 is 5.15. The zero-order valence-corrected chi connectivity index (χ0v) is 11.2. The number of hydrogen-bond donors (Lipinski definition) is 1. The van der Waals surface area contributed by atoms with Crippen molar-refractivity contribution in [1.29, 1.82) is 0 Å². The maximum Gasteiger partial charge on any atom is 0.119 e. The first-order valence-corrected chi connectivity index (χ1v) is 6.10. The lowest BCUT2D eigenvalue weighted by molar-refractivity contribution is 0.107. The average Bonchev–Trinajstić information content (AvgIpc) is 2.37. The topological polar surface area (TPSA) is 32.7 Å². The molecule has 0 saturated carbocycles. The van der Waals surface area contributed by atoms with Crippen LogP contribution in [0.5, 0.6) is 5.75 Å². The molecule has 0 spiro atoms. The average molecular weight is 237 g/mol. The fraction of sp³-hybridized carbons (Fsp3) is 0.571. The van der Waals surface area contributed by atoms with E-state index in [1.54, 1.807) is 7.11 Å². The number of benzene rings is 1. The molecule has 1 aromatic carbocycles. The highest BCUT2D eigenvalue weighted by Gasteiger charge is 2.14. The Bertz CT molecular complexity index is 341. The first kappa shape index (κ1) is 14.0. The second-order valence-electron chi connectivity index (χ2n) is 4.49. The van der Waals surface area contributed by atoms with Crippen molar-refractivity contribution in [2.24, 2.45) is 0 Å². The molecule has 0 aliphatic heterocycles. The Morgan fingerprint density at radius 2 is 2.12 bits per heavy atom. The van der Waals surface area contributed by atoms with E-state index in [-0.39, 0.29) is 0 Å². The van der Waals surface area contributed by atoms with Crippen LogP contribution in [0.1, 0.15) is 31.9 Å². The third-order valence-electron chi connectivity index (χ3n) is 3.28. The fourth-order valence-electron chi connectivity index (χ4n) is 1.72. The van der Waals surface area contributed by atoms with Gasteiger partial charge in [-0.2, -0.15) is 0 Å². The van der Waals surface area contributed by atoms with Crippen LogP contribution in [0.25, 0.3) is 0 Å². The molecule has 0 aliphatic carbocycles. The predicted molar refractivity (Wildman–Crippen MR) is 70.3 cm³/mol. The van der Waals surface area contributed by atoms with Crippen LogP contribution in [0.3, 0.4) is 0 Å². The third kappa shape index (κ3) is 4.02. The Morgan fingerprint density at radius 1 is 1.41 bits per heavy atom. The summed E-state index contributed by atoms with van der Waals surface area (Å²) in [6.45, 7) is 4.96. The molecule has 0 aliphatic rings. The molecule has 0 saturated heterocycles. The first-order chi connectivity index (χ1) is 8.08. The van der Waals surface area contributed by atoms with E-state index >= 15 is 0 Å². The molecule has 3 heteroatoms. The van der Waals surface area contributed by atoms with Crippen molar-refractivity contribution in [3.05, 3.63) is 29.8 Å². The van der Waals surface area contributed by atoms with E-state index in [9.17, 15) is 5.11 Å². The SMILES string of the molecule is CCC(C)N(C)CC(O)c1cccc(OC)c1. The number of nitrogens with zero attached hydrogens (tertiary/aromatic N) is 1. The minimum Gasteiger partial charge on any atom is -0.497 e. The fourth-order valence-corrected chi connectivity index (χ4v) is 1.72. The Balaban J connectivity index is 2.65. The molecule has 0 radical (unpaired) electrons. The Kier molecular flexibility index (Phi) is 5.45. The van der Waals surface area contributed by atoms with Gasteiger partial charge >= 0.3 is 0 Å². The van der Waals surface area contributed by atoms with Crippen molar-refractivity contribution < 1.29 is 9.84 Å². The second-order valence-corrected chi connectivity index (χ2v) is 4.49. The summed E-state index contributed by atoms with van der Waals surface area (Å²) in [4.78, 5) is 2.17. The summed E-state index contributed by atoms with van der Waals surface area (Å²) in [5.74, 6) is 0.785. The summed E-state index contributed by atoms with van der Waals surface area (Å²) in [7, 11) is 3.67. The summed E-state index contributed by atoms with van der Waals surface area (Å²) in [5, 5.41) is 10.2. The standard InChI is InChI=1S/C14H23NO2/c1-5-11(2)15(3)10-14(16)12-7-6-8-13(9-12)17-4/h6-9,11,14,16H,5,10H2,1-4H3. The molecule has 0 amide bonds. The van der Waals surface area contributed by atoms with Gasteiger partial charge < -0.3 is 14.7 Å². The minimum absolute atomic E-state index is 0.468. The van der Waals surface area contributed by atoms with Crippen LogP contribution in [0, 0.1) is 0 Å². The van der Waals surface area contributed by atoms with Crippen molar-refractivity contribution in [3.8, 4) is 5.75 Å². The Labute approximate surface area is 104 Å². The number of rotatable bonds is 6. The molecule has 0 aromatic heterocycles. The van der Waals surface area contributed by atoms with E-state index in [1.165, 1.54) is 0 Å². The van der Waals surface area contributed by atoms with E-state index in [0.29, 0.717) is 12.6 Å². The van der Waals surface area contributed by atoms with E-state index in [4.69, 9.17) is 4.74 Å². The molecule has 0 bridgehead atoms. The van der Waals surface area contributed by atoms with Crippen LogP contribution in [-0.4, -0.2) is 36.8 Å². The van der Waals surface area contributed by atoms with Crippen molar-refractivity contribution >= 4 is 0 Å². The van der Waals surface area contributed by atoms with E-state index < -0.39 is 6.10 Å². The van der Waals surface area contributed by atoms with Crippen LogP contribution >= 0.6 is 0 Å². The van der Waals surface area contributed by atoms with Gasteiger partial charge in [0.1, 0.15) is 5.75 Å². The molecule has 17 heavy (non-hydrogen) atoms. The molecule has 0 heterocycles. The molecule has 2 unspecified atom stereocenters. The van der Waals surface area contributed by atoms with Gasteiger partial charge in [0, 0.05) is 12.6 Å². The second kappa shape index (κ2) is 6.62. The molecule has 3 nitrogen and oxygen atoms in total. The summed E-state index contributed by atoms with van der Waals surface area (Å²) in [5.41, 5.74) is 0.902. The van der Waals surface area contributed by atoms with Gasteiger partial charge in [-0.25, -0.2) is 0 Å². The molecule has 1 aromatic rings. The normalized spacial score (nSPS) is 14.7. The first-order valence-electron chi connectivity index (χ1n) is 6.10. The molecule has 1 N–H and O–H groups in total. The van der Waals surface area contributed by atoms with Crippen LogP contribution < -0.4 is 4.74 Å². The maximum atomic E-state index is 10.2. The highest BCUT2D eigenvalue weighted by Crippen LogP contribution is 2.20. The highest BCUT2D eigenvalue weighted by molar-refractivity contribution is 5.29. The number of methoxy groups -OCH3 is 1. The number of hydrogen-bond acceptors (Lipinski definition) is 3. The van der Waals surface area contributed by atoms with Gasteiger partial charge in [0.15, 0.2) is 0 Å². The monoisotopic (exact) mass is 237 g/mol. The van der Waals surface area contributed by atoms with Crippen molar-refractivity contribution in [1.82, 2.24) is 4.90 Å². The van der Waals surface area contributed by atoms with Gasteiger partial charge in [-0.15, -0.1) is 0 Å². The van der Waals surface area contributed by atoms with Gasteiger partial charge in [0.2, 0.25) is 0 Å². The number of aliphatic hydroxyl groups is 1. The lowest BCUT2D eigenvalue weighted by atomic mass is 10.1. The van der Waals surface area contributed by atoms with E-state index in [2.05, 4.69) is 18.7 Å². The zero-order valence-electron chi connectivity index (χ0n) is 11.2. The number of ether oxygens (including phenoxy) is 1. The Morgan fingerprint density at radius 3 is 2.71 bits per heavy atom. The maximum absolute atomic E-state index is 10.2. The summed E-state index contributed by atoms with van der Waals surface area (Å²) in [6.07, 6.45) is 0.616. The van der Waals surface area contributed by atoms with Crippen LogP contribution in [0.4, 0.5) is 0 Å². The van der Waals surface area contributed by atoms with Crippen LogP contribution in [0.2, 0.25) is 0 Å². The molecule has 0 fully saturated rings. The molecular weight excluding hydrogens is 214 g/mol. The minimum atomic E-state index is -0.468. The Hall–Kier alpha value is -1.06. The molecule has 96 valence electrons. The third-order valence-corrected chi connectivity index (χ3v) is 3.28. The smallest absolute Gasteiger partial charge is 0.119 e. The van der Waals surface area contributed by atoms with E-state index in [1.807, 2.05) is 31.3 Å². The highest BCUT2D eigenvalue weighted by atomic mass is 16.5. The predicted octanol–water partition coefficient (Wildman–Crippen LogP) is 2.46. The van der Waals surface area contributed by atoms with E-state index in [0.717, 1.165) is 17.7 Å². The lowest BCUT2D eigenvalue weighted by Gasteiger charge is -2.26. The van der Waals surface area contributed by atoms with Gasteiger partial charge in [-0.1, -0.05) is 19.1 Å². The molecular formula is C14H23NO2. The quantitative estimate of drug-likeness (QED) is 0.825. The van der Waals surface area contributed by atoms with Gasteiger partial charge in [-0.3, -0.25) is 0 Å². The largest absolute Gasteiger partial charge is 0.497 e. The van der Waals surface area contributed by atoms with Crippen molar-refractivity contribution in [3.63, 3.8) is 0 Å². The molecule has 1 rings (SSSR count).